The van der Waals surface area contributed by atoms with Crippen LogP contribution in [0.15, 0.2) is 6.07 Å². The van der Waals surface area contributed by atoms with E-state index in [0.717, 1.165) is 41.0 Å². The third-order valence-corrected chi connectivity index (χ3v) is 6.50. The molecule has 3 aromatic rings. The molecule has 4 N–H and O–H groups in total. The van der Waals surface area contributed by atoms with Crippen LogP contribution in [0.1, 0.15) is 30.5 Å². The summed E-state index contributed by atoms with van der Waals surface area (Å²) in [4.78, 5) is 22.1. The van der Waals surface area contributed by atoms with E-state index >= 15 is 0 Å². The lowest BCUT2D eigenvalue weighted by Gasteiger charge is -2.26. The number of fused-ring (bicyclic) bond motifs is 2. The monoisotopic (exact) mass is 397 g/mol. The lowest BCUT2D eigenvalue weighted by atomic mass is 10.1. The number of nitrogen functional groups attached to an aromatic ring is 2. The highest BCUT2D eigenvalue weighted by Gasteiger charge is 2.21. The normalized spacial score (nSPS) is 17.5. The summed E-state index contributed by atoms with van der Waals surface area (Å²) >= 11 is 1.53. The Hall–Kier alpha value is -2.52. The zero-order chi connectivity index (χ0) is 19.1. The molecule has 0 spiro atoms. The zero-order valence-electron chi connectivity index (χ0n) is 15.6. The Bertz CT molecular complexity index is 1030. The fourth-order valence-corrected chi connectivity index (χ4v) is 4.92. The zero-order valence-corrected chi connectivity index (χ0v) is 16.5. The van der Waals surface area contributed by atoms with Crippen molar-refractivity contribution in [2.75, 3.05) is 42.7 Å². The molecule has 0 amide bonds. The van der Waals surface area contributed by atoms with Gasteiger partial charge in [0, 0.05) is 24.2 Å². The summed E-state index contributed by atoms with van der Waals surface area (Å²) in [6, 6.07) is 2.21. The number of aromatic nitrogens is 4. The van der Waals surface area contributed by atoms with Gasteiger partial charge in [0.15, 0.2) is 5.82 Å². The second kappa shape index (κ2) is 7.14. The average Bonchev–Trinajstić information content (AvgIpc) is 2.88. The third kappa shape index (κ3) is 3.14. The van der Waals surface area contributed by atoms with E-state index in [1.165, 1.54) is 41.9 Å². The number of anilines is 3. The van der Waals surface area contributed by atoms with Crippen molar-refractivity contribution in [1.29, 1.82) is 0 Å². The van der Waals surface area contributed by atoms with Gasteiger partial charge in [-0.3, -0.25) is 0 Å². The van der Waals surface area contributed by atoms with Gasteiger partial charge in [-0.25, -0.2) is 4.98 Å². The quantitative estimate of drug-likeness (QED) is 0.633. The molecule has 0 unspecified atom stereocenters. The number of nitrogens with zero attached hydrogens (tertiary/aromatic N) is 5. The van der Waals surface area contributed by atoms with Crippen LogP contribution in [-0.4, -0.2) is 46.2 Å². The summed E-state index contributed by atoms with van der Waals surface area (Å²) in [5.74, 6) is 1.29. The molecule has 0 aromatic carbocycles. The van der Waals surface area contributed by atoms with Gasteiger partial charge in [0.05, 0.1) is 23.8 Å². The van der Waals surface area contributed by atoms with E-state index in [4.69, 9.17) is 21.2 Å². The fraction of sp³-hybridized carbons (Fsp3) is 0.474. The largest absolute Gasteiger partial charge is 0.397 e. The molecule has 2 aliphatic rings. The Balaban J connectivity index is 1.59. The van der Waals surface area contributed by atoms with Gasteiger partial charge in [0.1, 0.15) is 4.83 Å². The number of ether oxygens (including phenoxy) is 1. The summed E-state index contributed by atoms with van der Waals surface area (Å²) in [5.41, 5.74) is 15.7. The predicted octanol–water partition coefficient (Wildman–Crippen LogP) is 2.42. The molecule has 0 bridgehead atoms. The number of aryl methyl sites for hydroxylation is 2. The standard InChI is InChI=1S/C19H23N7OS/c20-14-12-10-11-4-2-1-3-5-13(11)22-17(12)28-15(14)16-23-18(21)25-19(24-16)26-6-8-27-9-7-26/h10H,1-9,20H2,(H2,21,23,24,25). The van der Waals surface area contributed by atoms with Crippen LogP contribution in [0.5, 0.6) is 0 Å². The number of thiophene rings is 1. The number of hydrogen-bond acceptors (Lipinski definition) is 9. The fourth-order valence-electron chi connectivity index (χ4n) is 3.89. The van der Waals surface area contributed by atoms with E-state index in [1.54, 1.807) is 0 Å². The smallest absolute Gasteiger partial charge is 0.230 e. The van der Waals surface area contributed by atoms with Crippen molar-refractivity contribution in [1.82, 2.24) is 19.9 Å². The van der Waals surface area contributed by atoms with Gasteiger partial charge in [-0.05, 0) is 37.3 Å². The van der Waals surface area contributed by atoms with Gasteiger partial charge in [-0.2, -0.15) is 15.0 Å². The molecule has 1 aliphatic heterocycles. The SMILES string of the molecule is Nc1nc(-c2sc3nc4c(cc3c2N)CCCCC4)nc(N2CCOCC2)n1. The number of morpholine rings is 1. The Kier molecular flexibility index (Phi) is 4.48. The number of rotatable bonds is 2. The summed E-state index contributed by atoms with van der Waals surface area (Å²) in [6.45, 7) is 2.78. The summed E-state index contributed by atoms with van der Waals surface area (Å²) in [7, 11) is 0. The van der Waals surface area contributed by atoms with Gasteiger partial charge < -0.3 is 21.1 Å². The molecule has 8 nitrogen and oxygen atoms in total. The minimum absolute atomic E-state index is 0.201. The highest BCUT2D eigenvalue weighted by Crippen LogP contribution is 2.40. The number of nitrogens with two attached hydrogens (primary N) is 2. The Morgan fingerprint density at radius 3 is 2.64 bits per heavy atom. The Morgan fingerprint density at radius 1 is 0.964 bits per heavy atom. The number of hydrogen-bond donors (Lipinski definition) is 2. The molecular weight excluding hydrogens is 374 g/mol. The highest BCUT2D eigenvalue weighted by atomic mass is 32.1. The second-order valence-electron chi connectivity index (χ2n) is 7.27. The minimum Gasteiger partial charge on any atom is -0.397 e. The first-order chi connectivity index (χ1) is 13.7. The van der Waals surface area contributed by atoms with Crippen molar-refractivity contribution in [3.63, 3.8) is 0 Å². The Morgan fingerprint density at radius 2 is 1.79 bits per heavy atom. The van der Waals surface area contributed by atoms with Crippen LogP contribution >= 0.6 is 11.3 Å². The van der Waals surface area contributed by atoms with Crippen molar-refractivity contribution >= 4 is 39.1 Å². The molecule has 3 aromatic heterocycles. The molecular formula is C19H23N7OS. The summed E-state index contributed by atoms with van der Waals surface area (Å²) in [5, 5.41) is 0.993. The van der Waals surface area contributed by atoms with Crippen molar-refractivity contribution < 1.29 is 4.74 Å². The molecule has 146 valence electrons. The number of pyridine rings is 1. The molecule has 4 heterocycles. The van der Waals surface area contributed by atoms with E-state index < -0.39 is 0 Å². The van der Waals surface area contributed by atoms with E-state index in [1.807, 2.05) is 0 Å². The second-order valence-corrected chi connectivity index (χ2v) is 8.27. The van der Waals surface area contributed by atoms with Crippen molar-refractivity contribution in [3.05, 3.63) is 17.3 Å². The summed E-state index contributed by atoms with van der Waals surface area (Å²) < 4.78 is 5.41. The van der Waals surface area contributed by atoms with Crippen LogP contribution < -0.4 is 16.4 Å². The van der Waals surface area contributed by atoms with Crippen molar-refractivity contribution in [2.24, 2.45) is 0 Å². The maximum Gasteiger partial charge on any atom is 0.230 e. The molecule has 5 rings (SSSR count). The first kappa shape index (κ1) is 17.6. The molecule has 0 radical (unpaired) electrons. The molecule has 28 heavy (non-hydrogen) atoms. The topological polar surface area (TPSA) is 116 Å². The summed E-state index contributed by atoms with van der Waals surface area (Å²) in [6.07, 6.45) is 5.79. The van der Waals surface area contributed by atoms with Crippen LogP contribution in [0, 0.1) is 0 Å². The van der Waals surface area contributed by atoms with Crippen LogP contribution in [0.25, 0.3) is 20.9 Å². The Labute approximate surface area is 167 Å². The predicted molar refractivity (Wildman–Crippen MR) is 112 cm³/mol. The van der Waals surface area contributed by atoms with Crippen LogP contribution in [-0.2, 0) is 17.6 Å². The van der Waals surface area contributed by atoms with Crippen LogP contribution in [0.3, 0.4) is 0 Å². The van der Waals surface area contributed by atoms with Gasteiger partial charge >= 0.3 is 0 Å². The first-order valence-electron chi connectivity index (χ1n) is 9.74. The van der Waals surface area contributed by atoms with E-state index in [9.17, 15) is 0 Å². The van der Waals surface area contributed by atoms with E-state index in [-0.39, 0.29) is 5.95 Å². The average molecular weight is 398 g/mol. The maximum atomic E-state index is 6.52. The molecule has 9 heteroatoms. The van der Waals surface area contributed by atoms with Gasteiger partial charge in [-0.15, -0.1) is 11.3 Å². The maximum absolute atomic E-state index is 6.52. The van der Waals surface area contributed by atoms with Crippen LogP contribution in [0.2, 0.25) is 0 Å². The van der Waals surface area contributed by atoms with Crippen molar-refractivity contribution in [2.45, 2.75) is 32.1 Å². The lowest BCUT2D eigenvalue weighted by molar-refractivity contribution is 0.122. The molecule has 1 fully saturated rings. The van der Waals surface area contributed by atoms with Crippen LogP contribution in [0.4, 0.5) is 17.6 Å². The van der Waals surface area contributed by atoms with E-state index in [0.29, 0.717) is 30.7 Å². The molecule has 1 saturated heterocycles. The molecule has 1 aliphatic carbocycles. The molecule has 0 saturated carbocycles. The van der Waals surface area contributed by atoms with Gasteiger partial charge in [-0.1, -0.05) is 6.42 Å². The van der Waals surface area contributed by atoms with Gasteiger partial charge in [0.25, 0.3) is 0 Å². The first-order valence-corrected chi connectivity index (χ1v) is 10.6. The lowest BCUT2D eigenvalue weighted by Crippen LogP contribution is -2.37. The molecule has 0 atom stereocenters. The minimum atomic E-state index is 0.201. The third-order valence-electron chi connectivity index (χ3n) is 5.39. The van der Waals surface area contributed by atoms with E-state index in [2.05, 4.69) is 25.9 Å². The van der Waals surface area contributed by atoms with Crippen molar-refractivity contribution in [3.8, 4) is 10.7 Å². The highest BCUT2D eigenvalue weighted by molar-refractivity contribution is 7.22. The van der Waals surface area contributed by atoms with Gasteiger partial charge in [0.2, 0.25) is 11.9 Å².